The first-order chi connectivity index (χ1) is 22.6. The number of nitrogens with zero attached hydrogens (tertiary/aromatic N) is 1. The third-order valence-electron chi connectivity index (χ3n) is 8.33. The van der Waals surface area contributed by atoms with Gasteiger partial charge in [-0.3, -0.25) is 0 Å². The van der Waals surface area contributed by atoms with Gasteiger partial charge in [-0.15, -0.1) is 12.6 Å². The van der Waals surface area contributed by atoms with Crippen molar-refractivity contribution >= 4 is 18.3 Å². The Hall–Kier alpha value is -5.82. The highest BCUT2D eigenvalue weighted by Gasteiger charge is 2.11. The fourth-order valence-corrected chi connectivity index (χ4v) is 6.28. The van der Waals surface area contributed by atoms with Crippen LogP contribution in [0.1, 0.15) is 5.56 Å². The molecule has 0 radical (unpaired) electrons. The van der Waals surface area contributed by atoms with Crippen molar-refractivity contribution in [1.29, 1.82) is 5.26 Å². The molecule has 0 fully saturated rings. The van der Waals surface area contributed by atoms with Crippen molar-refractivity contribution in [1.82, 2.24) is 0 Å². The molecule has 0 unspecified atom stereocenters. The summed E-state index contributed by atoms with van der Waals surface area (Å²) >= 11 is 4.67. The predicted octanol–water partition coefficient (Wildman–Crippen LogP) is 11.4. The van der Waals surface area contributed by atoms with Crippen molar-refractivity contribution in [2.24, 2.45) is 0 Å². The number of anilines is 1. The quantitative estimate of drug-likeness (QED) is 0.146. The Labute approximate surface area is 275 Å². The van der Waals surface area contributed by atoms with Crippen molar-refractivity contribution in [3.05, 3.63) is 169 Å². The molecular formula is C43H30N2S. The summed E-state index contributed by atoms with van der Waals surface area (Å²) in [6.07, 6.45) is 0. The molecule has 0 saturated carbocycles. The van der Waals surface area contributed by atoms with Crippen LogP contribution in [0.15, 0.2) is 169 Å². The highest BCUT2D eigenvalue weighted by Crippen LogP contribution is 2.35. The van der Waals surface area contributed by atoms with Crippen molar-refractivity contribution in [3.63, 3.8) is 0 Å². The molecule has 0 saturated heterocycles. The van der Waals surface area contributed by atoms with Gasteiger partial charge in [-0.1, -0.05) is 109 Å². The summed E-state index contributed by atoms with van der Waals surface area (Å²) in [6, 6.07) is 58.6. The zero-order valence-electron chi connectivity index (χ0n) is 25.1. The van der Waals surface area contributed by atoms with Crippen LogP contribution in [0.5, 0.6) is 0 Å². The second-order valence-electron chi connectivity index (χ2n) is 11.3. The third kappa shape index (κ3) is 5.95. The van der Waals surface area contributed by atoms with Gasteiger partial charge in [-0.05, 0) is 116 Å². The number of para-hydroxylation sites is 1. The van der Waals surface area contributed by atoms with E-state index >= 15 is 0 Å². The minimum atomic E-state index is 0.618. The standard InChI is InChI=1S/C43H30N2S/c44-28-29-21-38(27-39(22-29)35-14-8-15-36(26-35)40-17-1-3-19-42(40)45)34-13-6-11-32(24-34)30-9-5-10-31(23-30)33-12-7-16-37(25-33)41-18-2-4-20-43(41)46/h1-27,46H,45H2. The van der Waals surface area contributed by atoms with E-state index in [9.17, 15) is 5.26 Å². The number of nitriles is 1. The van der Waals surface area contributed by atoms with Gasteiger partial charge in [0.2, 0.25) is 0 Å². The van der Waals surface area contributed by atoms with Crippen molar-refractivity contribution in [2.75, 3.05) is 5.73 Å². The Morgan fingerprint density at radius 2 is 0.761 bits per heavy atom. The number of hydrogen-bond donors (Lipinski definition) is 2. The van der Waals surface area contributed by atoms with E-state index in [4.69, 9.17) is 5.73 Å². The fraction of sp³-hybridized carbons (Fsp3) is 0. The van der Waals surface area contributed by atoms with E-state index in [0.29, 0.717) is 5.56 Å². The van der Waals surface area contributed by atoms with Crippen LogP contribution < -0.4 is 5.73 Å². The number of thiol groups is 1. The second-order valence-corrected chi connectivity index (χ2v) is 11.8. The van der Waals surface area contributed by atoms with E-state index in [1.165, 1.54) is 0 Å². The summed E-state index contributed by atoms with van der Waals surface area (Å²) in [5.74, 6) is 0. The molecule has 46 heavy (non-hydrogen) atoms. The molecule has 7 aromatic rings. The lowest BCUT2D eigenvalue weighted by molar-refractivity contribution is 1.45. The van der Waals surface area contributed by atoms with Gasteiger partial charge < -0.3 is 5.73 Å². The number of nitrogens with two attached hydrogens (primary N) is 1. The van der Waals surface area contributed by atoms with E-state index in [-0.39, 0.29) is 0 Å². The third-order valence-corrected chi connectivity index (χ3v) is 8.72. The molecule has 2 N–H and O–H groups in total. The Morgan fingerprint density at radius 3 is 1.24 bits per heavy atom. The first-order valence-corrected chi connectivity index (χ1v) is 15.6. The first-order valence-electron chi connectivity index (χ1n) is 15.2. The molecule has 0 aliphatic heterocycles. The molecule has 0 atom stereocenters. The maximum absolute atomic E-state index is 9.96. The van der Waals surface area contributed by atoms with Crippen LogP contribution in [0.4, 0.5) is 5.69 Å². The molecule has 0 aliphatic carbocycles. The summed E-state index contributed by atoms with van der Waals surface area (Å²) in [5, 5.41) is 9.96. The normalized spacial score (nSPS) is 10.8. The fourth-order valence-electron chi connectivity index (χ4n) is 5.99. The average molecular weight is 607 g/mol. The lowest BCUT2D eigenvalue weighted by atomic mass is 9.92. The van der Waals surface area contributed by atoms with Gasteiger partial charge in [0.05, 0.1) is 11.6 Å². The monoisotopic (exact) mass is 606 g/mol. The molecule has 218 valence electrons. The van der Waals surface area contributed by atoms with Gasteiger partial charge in [-0.25, -0.2) is 0 Å². The van der Waals surface area contributed by atoms with Gasteiger partial charge in [0.15, 0.2) is 0 Å². The summed E-state index contributed by atoms with van der Waals surface area (Å²) in [5.41, 5.74) is 20.5. The Kier molecular flexibility index (Phi) is 7.96. The zero-order valence-corrected chi connectivity index (χ0v) is 26.0. The van der Waals surface area contributed by atoms with E-state index in [2.05, 4.69) is 122 Å². The van der Waals surface area contributed by atoms with E-state index < -0.39 is 0 Å². The van der Waals surface area contributed by atoms with Crippen molar-refractivity contribution in [3.8, 4) is 72.8 Å². The largest absolute Gasteiger partial charge is 0.398 e. The number of benzene rings is 7. The van der Waals surface area contributed by atoms with E-state index in [1.54, 1.807) is 0 Å². The van der Waals surface area contributed by atoms with Crippen molar-refractivity contribution in [2.45, 2.75) is 4.90 Å². The van der Waals surface area contributed by atoms with Crippen LogP contribution >= 0.6 is 12.6 Å². The summed E-state index contributed by atoms with van der Waals surface area (Å²) in [7, 11) is 0. The van der Waals surface area contributed by atoms with Gasteiger partial charge in [0.25, 0.3) is 0 Å². The predicted molar refractivity (Wildman–Crippen MR) is 195 cm³/mol. The van der Waals surface area contributed by atoms with Crippen LogP contribution in [-0.4, -0.2) is 0 Å². The SMILES string of the molecule is N#Cc1cc(-c2cccc(-c3cccc(-c4cccc(-c5ccccc5S)c4)c3)c2)cc(-c2cccc(-c3ccccc3N)c2)c1. The molecule has 0 aromatic heterocycles. The highest BCUT2D eigenvalue weighted by atomic mass is 32.1. The average Bonchev–Trinajstić information content (AvgIpc) is 3.12. The smallest absolute Gasteiger partial charge is 0.0992 e. The van der Waals surface area contributed by atoms with E-state index in [0.717, 1.165) is 77.3 Å². The van der Waals surface area contributed by atoms with Gasteiger partial charge in [0.1, 0.15) is 0 Å². The van der Waals surface area contributed by atoms with Gasteiger partial charge in [0, 0.05) is 16.1 Å². The maximum Gasteiger partial charge on any atom is 0.0992 e. The maximum atomic E-state index is 9.96. The molecule has 0 aliphatic rings. The van der Waals surface area contributed by atoms with Gasteiger partial charge >= 0.3 is 0 Å². The van der Waals surface area contributed by atoms with Crippen molar-refractivity contribution < 1.29 is 0 Å². The Morgan fingerprint density at radius 1 is 0.391 bits per heavy atom. The molecule has 0 bridgehead atoms. The Balaban J connectivity index is 1.24. The molecule has 2 nitrogen and oxygen atoms in total. The summed E-state index contributed by atoms with van der Waals surface area (Å²) in [6.45, 7) is 0. The molecular weight excluding hydrogens is 577 g/mol. The van der Waals surface area contributed by atoms with E-state index in [1.807, 2.05) is 60.7 Å². The van der Waals surface area contributed by atoms with Crippen LogP contribution in [0, 0.1) is 11.3 Å². The molecule has 0 spiro atoms. The first kappa shape index (κ1) is 28.9. The summed E-state index contributed by atoms with van der Waals surface area (Å²) < 4.78 is 0. The highest BCUT2D eigenvalue weighted by molar-refractivity contribution is 7.80. The lowest BCUT2D eigenvalue weighted by Gasteiger charge is -2.12. The number of rotatable bonds is 6. The van der Waals surface area contributed by atoms with Gasteiger partial charge in [-0.2, -0.15) is 5.26 Å². The second kappa shape index (κ2) is 12.7. The topological polar surface area (TPSA) is 49.8 Å². The molecule has 7 rings (SSSR count). The number of hydrogen-bond acceptors (Lipinski definition) is 3. The van der Waals surface area contributed by atoms with Crippen LogP contribution in [-0.2, 0) is 0 Å². The molecule has 0 heterocycles. The minimum absolute atomic E-state index is 0.618. The Bertz CT molecular complexity index is 2260. The molecule has 0 amide bonds. The van der Waals surface area contributed by atoms with Crippen LogP contribution in [0.3, 0.4) is 0 Å². The lowest BCUT2D eigenvalue weighted by Crippen LogP contribution is -1.90. The molecule has 3 heteroatoms. The zero-order chi connectivity index (χ0) is 31.5. The summed E-state index contributed by atoms with van der Waals surface area (Å²) in [4.78, 5) is 0.961. The minimum Gasteiger partial charge on any atom is -0.398 e. The number of nitrogen functional groups attached to an aromatic ring is 1. The van der Waals surface area contributed by atoms with Crippen LogP contribution in [0.25, 0.3) is 66.8 Å². The van der Waals surface area contributed by atoms with Crippen LogP contribution in [0.2, 0.25) is 0 Å². The molecule has 7 aromatic carbocycles.